The first-order chi connectivity index (χ1) is 19.5. The summed E-state index contributed by atoms with van der Waals surface area (Å²) >= 11 is 0. The van der Waals surface area contributed by atoms with Gasteiger partial charge in [0.25, 0.3) is 11.7 Å². The fraction of sp³-hybridized carbons (Fsp3) is 0.290. The summed E-state index contributed by atoms with van der Waals surface area (Å²) in [6, 6.07) is 19.4. The number of morpholine rings is 1. The molecule has 0 aromatic heterocycles. The van der Waals surface area contributed by atoms with Crippen LogP contribution in [-0.2, 0) is 14.3 Å². The smallest absolute Gasteiger partial charge is 0.295 e. The third-order valence-corrected chi connectivity index (χ3v) is 7.09. The SMILES string of the molecule is COc1ccc(C(O)=C2C(=O)C(=O)N(CCCN3CCOCC3)[C@H]2c2cccc(Oc3ccccc3)c2)cc1F. The molecule has 3 aromatic rings. The standard InChI is InChI=1S/C31H31FN2O6/c1-38-26-12-11-22(20-25(26)32)29(35)27-28(21-7-5-10-24(19-21)40-23-8-3-2-4-9-23)34(31(37)30(27)36)14-6-13-33-15-17-39-18-16-33/h2-5,7-12,19-20,28,35H,6,13-18H2,1H3/t28-/m0/s1. The number of methoxy groups -OCH3 is 1. The number of benzene rings is 3. The molecule has 1 N–H and O–H groups in total. The number of carbonyl (C=O) groups is 2. The van der Waals surface area contributed by atoms with Crippen LogP contribution >= 0.6 is 0 Å². The van der Waals surface area contributed by atoms with Crippen LogP contribution in [0.25, 0.3) is 5.76 Å². The molecule has 2 heterocycles. The summed E-state index contributed by atoms with van der Waals surface area (Å²) in [5.41, 5.74) is 0.568. The molecule has 2 aliphatic rings. The van der Waals surface area contributed by atoms with Crippen LogP contribution in [0.1, 0.15) is 23.6 Å². The van der Waals surface area contributed by atoms with Crippen molar-refractivity contribution in [2.24, 2.45) is 0 Å². The van der Waals surface area contributed by atoms with E-state index in [4.69, 9.17) is 14.2 Å². The van der Waals surface area contributed by atoms with Gasteiger partial charge in [-0.2, -0.15) is 0 Å². The largest absolute Gasteiger partial charge is 0.507 e. The Morgan fingerprint density at radius 2 is 1.73 bits per heavy atom. The Morgan fingerprint density at radius 1 is 0.975 bits per heavy atom. The molecule has 0 spiro atoms. The van der Waals surface area contributed by atoms with E-state index in [0.717, 1.165) is 25.7 Å². The summed E-state index contributed by atoms with van der Waals surface area (Å²) in [5, 5.41) is 11.3. The van der Waals surface area contributed by atoms with E-state index in [2.05, 4.69) is 4.90 Å². The minimum Gasteiger partial charge on any atom is -0.507 e. The van der Waals surface area contributed by atoms with E-state index in [1.165, 1.54) is 24.1 Å². The Bertz CT molecular complexity index is 1400. The Hall–Kier alpha value is -4.21. The molecule has 8 nitrogen and oxygen atoms in total. The van der Waals surface area contributed by atoms with Crippen molar-refractivity contribution in [1.82, 2.24) is 9.80 Å². The molecule has 0 saturated carbocycles. The summed E-state index contributed by atoms with van der Waals surface area (Å²) in [4.78, 5) is 30.4. The van der Waals surface area contributed by atoms with Gasteiger partial charge < -0.3 is 24.2 Å². The number of ether oxygens (including phenoxy) is 3. The molecule has 0 aliphatic carbocycles. The van der Waals surface area contributed by atoms with Crippen LogP contribution in [-0.4, -0.2) is 73.1 Å². The molecule has 2 fully saturated rings. The highest BCUT2D eigenvalue weighted by Crippen LogP contribution is 2.41. The van der Waals surface area contributed by atoms with Crippen molar-refractivity contribution in [1.29, 1.82) is 0 Å². The predicted octanol–water partition coefficient (Wildman–Crippen LogP) is 4.77. The number of aliphatic hydroxyl groups is 1. The van der Waals surface area contributed by atoms with Crippen LogP contribution in [0.3, 0.4) is 0 Å². The molecule has 40 heavy (non-hydrogen) atoms. The van der Waals surface area contributed by atoms with Gasteiger partial charge in [-0.05, 0) is 54.4 Å². The summed E-state index contributed by atoms with van der Waals surface area (Å²) < 4.78 is 30.9. The van der Waals surface area contributed by atoms with Gasteiger partial charge >= 0.3 is 0 Å². The number of para-hydroxylation sites is 1. The summed E-state index contributed by atoms with van der Waals surface area (Å²) in [6.45, 7) is 3.98. The van der Waals surface area contributed by atoms with Crippen molar-refractivity contribution in [3.63, 3.8) is 0 Å². The lowest BCUT2D eigenvalue weighted by atomic mass is 9.95. The van der Waals surface area contributed by atoms with E-state index >= 15 is 0 Å². The number of amides is 1. The zero-order chi connectivity index (χ0) is 28.1. The zero-order valence-electron chi connectivity index (χ0n) is 22.2. The van der Waals surface area contributed by atoms with Gasteiger partial charge in [-0.15, -0.1) is 0 Å². The fourth-order valence-electron chi connectivity index (χ4n) is 5.09. The van der Waals surface area contributed by atoms with Crippen molar-refractivity contribution in [2.75, 3.05) is 46.5 Å². The number of carbonyl (C=O) groups excluding carboxylic acids is 2. The normalized spacial score (nSPS) is 19.1. The lowest BCUT2D eigenvalue weighted by Gasteiger charge is -2.29. The maximum Gasteiger partial charge on any atom is 0.295 e. The molecule has 3 aromatic carbocycles. The lowest BCUT2D eigenvalue weighted by Crippen LogP contribution is -2.38. The van der Waals surface area contributed by atoms with Gasteiger partial charge in [-0.3, -0.25) is 14.5 Å². The molecular formula is C31H31FN2O6. The van der Waals surface area contributed by atoms with Crippen molar-refractivity contribution in [3.8, 4) is 17.2 Å². The minimum absolute atomic E-state index is 0.00225. The van der Waals surface area contributed by atoms with Crippen LogP contribution in [0.4, 0.5) is 4.39 Å². The average Bonchev–Trinajstić information content (AvgIpc) is 3.23. The van der Waals surface area contributed by atoms with Crippen LogP contribution in [0.15, 0.2) is 78.4 Å². The summed E-state index contributed by atoms with van der Waals surface area (Å²) in [6.07, 6.45) is 0.626. The first-order valence-corrected chi connectivity index (χ1v) is 13.2. The van der Waals surface area contributed by atoms with E-state index in [1.807, 2.05) is 30.3 Å². The van der Waals surface area contributed by atoms with Crippen molar-refractivity contribution < 1.29 is 33.3 Å². The number of nitrogens with zero attached hydrogens (tertiary/aromatic N) is 2. The molecule has 208 valence electrons. The molecule has 9 heteroatoms. The molecule has 2 aliphatic heterocycles. The van der Waals surface area contributed by atoms with Gasteiger partial charge in [0.2, 0.25) is 0 Å². The maximum absolute atomic E-state index is 14.5. The van der Waals surface area contributed by atoms with Gasteiger partial charge in [-0.25, -0.2) is 4.39 Å². The Labute approximate surface area is 232 Å². The third kappa shape index (κ3) is 5.85. The summed E-state index contributed by atoms with van der Waals surface area (Å²) in [7, 11) is 1.34. The highest BCUT2D eigenvalue weighted by Gasteiger charge is 2.46. The number of Topliss-reactive ketones (excluding diaryl/α,β-unsaturated/α-hetero) is 1. The monoisotopic (exact) mass is 546 g/mol. The van der Waals surface area contributed by atoms with Crippen molar-refractivity contribution in [3.05, 3.63) is 95.3 Å². The number of aliphatic hydroxyl groups excluding tert-OH is 1. The second kappa shape index (κ2) is 12.3. The Balaban J connectivity index is 1.51. The van der Waals surface area contributed by atoms with Gasteiger partial charge in [0.05, 0.1) is 31.9 Å². The molecular weight excluding hydrogens is 515 g/mol. The highest BCUT2D eigenvalue weighted by molar-refractivity contribution is 6.46. The van der Waals surface area contributed by atoms with Gasteiger partial charge in [0, 0.05) is 31.7 Å². The van der Waals surface area contributed by atoms with Gasteiger partial charge in [-0.1, -0.05) is 30.3 Å². The topological polar surface area (TPSA) is 88.5 Å². The number of ketones is 1. The van der Waals surface area contributed by atoms with Crippen LogP contribution in [0.5, 0.6) is 17.2 Å². The van der Waals surface area contributed by atoms with Crippen molar-refractivity contribution >= 4 is 17.4 Å². The van der Waals surface area contributed by atoms with Crippen LogP contribution in [0, 0.1) is 5.82 Å². The zero-order valence-corrected chi connectivity index (χ0v) is 22.2. The fourth-order valence-corrected chi connectivity index (χ4v) is 5.09. The van der Waals surface area contributed by atoms with E-state index in [0.29, 0.717) is 43.2 Å². The third-order valence-electron chi connectivity index (χ3n) is 7.09. The average molecular weight is 547 g/mol. The molecule has 2 saturated heterocycles. The highest BCUT2D eigenvalue weighted by atomic mass is 19.1. The van der Waals surface area contributed by atoms with E-state index in [-0.39, 0.29) is 16.9 Å². The molecule has 0 radical (unpaired) electrons. The Morgan fingerprint density at radius 3 is 2.45 bits per heavy atom. The Kier molecular flexibility index (Phi) is 8.42. The first kappa shape index (κ1) is 27.4. The van der Waals surface area contributed by atoms with Gasteiger partial charge in [0.1, 0.15) is 17.3 Å². The number of hydrogen-bond acceptors (Lipinski definition) is 7. The van der Waals surface area contributed by atoms with Crippen LogP contribution in [0.2, 0.25) is 0 Å². The second-order valence-corrected chi connectivity index (χ2v) is 9.64. The maximum atomic E-state index is 14.5. The molecule has 0 unspecified atom stereocenters. The van der Waals surface area contributed by atoms with E-state index in [9.17, 15) is 19.1 Å². The lowest BCUT2D eigenvalue weighted by molar-refractivity contribution is -0.140. The first-order valence-electron chi connectivity index (χ1n) is 13.2. The molecule has 1 amide bonds. The minimum atomic E-state index is -0.880. The number of hydrogen-bond donors (Lipinski definition) is 1. The van der Waals surface area contributed by atoms with E-state index in [1.54, 1.807) is 24.3 Å². The molecule has 1 atom stereocenters. The van der Waals surface area contributed by atoms with Crippen molar-refractivity contribution in [2.45, 2.75) is 12.5 Å². The molecule has 0 bridgehead atoms. The second-order valence-electron chi connectivity index (χ2n) is 9.64. The van der Waals surface area contributed by atoms with Gasteiger partial charge in [0.15, 0.2) is 11.6 Å². The quantitative estimate of drug-likeness (QED) is 0.235. The number of rotatable bonds is 9. The van der Waals surface area contributed by atoms with Crippen LogP contribution < -0.4 is 9.47 Å². The van der Waals surface area contributed by atoms with E-state index < -0.39 is 29.3 Å². The number of halogens is 1. The summed E-state index contributed by atoms with van der Waals surface area (Å²) in [5.74, 6) is -1.53. The number of likely N-dealkylation sites (tertiary alicyclic amines) is 1. The predicted molar refractivity (Wildman–Crippen MR) is 147 cm³/mol. The molecule has 5 rings (SSSR count).